The van der Waals surface area contributed by atoms with E-state index < -0.39 is 0 Å². The number of aromatic nitrogens is 1. The Hall–Kier alpha value is -2.06. The first-order valence-electron chi connectivity index (χ1n) is 7.00. The molecule has 0 N–H and O–H groups in total. The smallest absolute Gasteiger partial charge is 0.0541 e. The van der Waals surface area contributed by atoms with Crippen molar-refractivity contribution in [3.8, 4) is 5.69 Å². The Morgan fingerprint density at radius 3 is 1.90 bits per heavy atom. The lowest BCUT2D eigenvalue weighted by Gasteiger charge is -2.09. The topological polar surface area (TPSA) is 4.93 Å². The van der Waals surface area contributed by atoms with Gasteiger partial charge in [-0.25, -0.2) is 0 Å². The van der Waals surface area contributed by atoms with Gasteiger partial charge in [0.05, 0.1) is 11.0 Å². The fourth-order valence-electron chi connectivity index (χ4n) is 3.05. The van der Waals surface area contributed by atoms with Crippen LogP contribution in [-0.2, 0) is 0 Å². The van der Waals surface area contributed by atoms with Crippen LogP contribution >= 0.6 is 15.9 Å². The zero-order valence-corrected chi connectivity index (χ0v) is 13.3. The fourth-order valence-corrected chi connectivity index (χ4v) is 3.64. The summed E-state index contributed by atoms with van der Waals surface area (Å²) in [6, 6.07) is 23.7. The highest BCUT2D eigenvalue weighted by Crippen LogP contribution is 2.32. The lowest BCUT2D eigenvalue weighted by atomic mass is 10.2. The fraction of sp³-hybridized carbons (Fsp3) is 0.0526. The molecule has 4 rings (SSSR count). The van der Waals surface area contributed by atoms with E-state index in [4.69, 9.17) is 0 Å². The Morgan fingerprint density at radius 1 is 0.762 bits per heavy atom. The van der Waals surface area contributed by atoms with Crippen LogP contribution in [0, 0.1) is 6.92 Å². The van der Waals surface area contributed by atoms with Crippen molar-refractivity contribution in [3.63, 3.8) is 0 Å². The minimum Gasteiger partial charge on any atom is -0.309 e. The van der Waals surface area contributed by atoms with Gasteiger partial charge >= 0.3 is 0 Å². The molecule has 0 aliphatic heterocycles. The van der Waals surface area contributed by atoms with Gasteiger partial charge in [-0.3, -0.25) is 0 Å². The summed E-state index contributed by atoms with van der Waals surface area (Å²) in [5.74, 6) is 0. The Morgan fingerprint density at radius 2 is 1.33 bits per heavy atom. The molecule has 0 saturated carbocycles. The predicted molar refractivity (Wildman–Crippen MR) is 93.2 cm³/mol. The van der Waals surface area contributed by atoms with E-state index >= 15 is 0 Å². The zero-order chi connectivity index (χ0) is 14.4. The summed E-state index contributed by atoms with van der Waals surface area (Å²) < 4.78 is 3.45. The van der Waals surface area contributed by atoms with Gasteiger partial charge in [0.25, 0.3) is 0 Å². The van der Waals surface area contributed by atoms with Gasteiger partial charge < -0.3 is 4.57 Å². The van der Waals surface area contributed by atoms with Crippen molar-refractivity contribution in [2.24, 2.45) is 0 Å². The monoisotopic (exact) mass is 335 g/mol. The van der Waals surface area contributed by atoms with Crippen LogP contribution in [0.2, 0.25) is 0 Å². The van der Waals surface area contributed by atoms with Crippen LogP contribution in [-0.4, -0.2) is 4.57 Å². The predicted octanol–water partition coefficient (Wildman–Crippen LogP) is 5.85. The summed E-state index contributed by atoms with van der Waals surface area (Å²) in [6.07, 6.45) is 0. The van der Waals surface area contributed by atoms with Crippen molar-refractivity contribution >= 4 is 37.7 Å². The van der Waals surface area contributed by atoms with E-state index in [1.54, 1.807) is 0 Å². The van der Waals surface area contributed by atoms with Crippen molar-refractivity contribution in [2.75, 3.05) is 0 Å². The third-order valence-electron chi connectivity index (χ3n) is 3.87. The molecule has 1 aromatic heterocycles. The SMILES string of the molecule is Cc1cc(Br)cc(-n2c3ccccc3c3ccccc32)c1. The van der Waals surface area contributed by atoms with E-state index in [1.807, 2.05) is 0 Å². The summed E-state index contributed by atoms with van der Waals surface area (Å²) in [4.78, 5) is 0. The molecule has 0 radical (unpaired) electrons. The van der Waals surface area contributed by atoms with Crippen molar-refractivity contribution in [2.45, 2.75) is 6.92 Å². The number of hydrogen-bond acceptors (Lipinski definition) is 0. The number of fused-ring (bicyclic) bond motifs is 3. The summed E-state index contributed by atoms with van der Waals surface area (Å²) >= 11 is 3.61. The van der Waals surface area contributed by atoms with Gasteiger partial charge in [-0.2, -0.15) is 0 Å². The molecule has 0 aliphatic rings. The number of nitrogens with zero attached hydrogens (tertiary/aromatic N) is 1. The summed E-state index contributed by atoms with van der Waals surface area (Å²) in [5.41, 5.74) is 4.94. The Labute approximate surface area is 132 Å². The molecular formula is C19H14BrN. The van der Waals surface area contributed by atoms with Gasteiger partial charge in [-0.05, 0) is 42.8 Å². The van der Waals surface area contributed by atoms with Gasteiger partial charge in [0.2, 0.25) is 0 Å². The highest BCUT2D eigenvalue weighted by Gasteiger charge is 2.11. The van der Waals surface area contributed by atoms with E-state index in [-0.39, 0.29) is 0 Å². The second kappa shape index (κ2) is 4.74. The molecule has 102 valence electrons. The Kier molecular flexibility index (Phi) is 2.86. The molecule has 0 fully saturated rings. The van der Waals surface area contributed by atoms with Crippen LogP contribution in [0.5, 0.6) is 0 Å². The lowest BCUT2D eigenvalue weighted by Crippen LogP contribution is -1.94. The van der Waals surface area contributed by atoms with E-state index in [0.29, 0.717) is 0 Å². The van der Waals surface area contributed by atoms with Crippen molar-refractivity contribution in [1.29, 1.82) is 0 Å². The summed E-state index contributed by atoms with van der Waals surface area (Å²) in [5, 5.41) is 2.59. The third-order valence-corrected chi connectivity index (χ3v) is 4.32. The van der Waals surface area contributed by atoms with Gasteiger partial charge in [-0.15, -0.1) is 0 Å². The molecular weight excluding hydrogens is 322 g/mol. The number of rotatable bonds is 1. The second-order valence-corrected chi connectivity index (χ2v) is 6.27. The minimum absolute atomic E-state index is 1.11. The van der Waals surface area contributed by atoms with Crippen LogP contribution < -0.4 is 0 Å². The average Bonchev–Trinajstić information content (AvgIpc) is 2.81. The normalized spacial score (nSPS) is 11.3. The molecule has 21 heavy (non-hydrogen) atoms. The second-order valence-electron chi connectivity index (χ2n) is 5.36. The molecule has 1 nitrogen and oxygen atoms in total. The van der Waals surface area contributed by atoms with Gasteiger partial charge in [0.15, 0.2) is 0 Å². The minimum atomic E-state index is 1.11. The number of halogens is 1. The molecule has 3 aromatic carbocycles. The maximum Gasteiger partial charge on any atom is 0.0541 e. The molecule has 1 heterocycles. The van der Waals surface area contributed by atoms with Crippen LogP contribution in [0.15, 0.2) is 71.2 Å². The number of benzene rings is 3. The van der Waals surface area contributed by atoms with Crippen LogP contribution in [0.1, 0.15) is 5.56 Å². The first kappa shape index (κ1) is 12.7. The molecule has 0 spiro atoms. The largest absolute Gasteiger partial charge is 0.309 e. The molecule has 4 aromatic rings. The Balaban J connectivity index is 2.20. The van der Waals surface area contributed by atoms with E-state index in [1.165, 1.54) is 33.1 Å². The van der Waals surface area contributed by atoms with E-state index in [0.717, 1.165) is 4.47 Å². The number of aryl methyl sites for hydroxylation is 1. The first-order chi connectivity index (χ1) is 10.2. The van der Waals surface area contributed by atoms with E-state index in [9.17, 15) is 0 Å². The van der Waals surface area contributed by atoms with Crippen molar-refractivity contribution in [1.82, 2.24) is 4.57 Å². The summed E-state index contributed by atoms with van der Waals surface area (Å²) in [6.45, 7) is 2.13. The maximum atomic E-state index is 3.61. The van der Waals surface area contributed by atoms with Crippen molar-refractivity contribution < 1.29 is 0 Å². The molecule has 0 unspecified atom stereocenters. The summed E-state index contributed by atoms with van der Waals surface area (Å²) in [7, 11) is 0. The van der Waals surface area contributed by atoms with Crippen LogP contribution in [0.4, 0.5) is 0 Å². The van der Waals surface area contributed by atoms with Gasteiger partial charge in [-0.1, -0.05) is 52.3 Å². The number of hydrogen-bond donors (Lipinski definition) is 0. The standard InChI is InChI=1S/C19H14BrN/c1-13-10-14(20)12-15(11-13)21-18-8-4-2-6-16(18)17-7-3-5-9-19(17)21/h2-12H,1H3. The molecule has 0 bridgehead atoms. The molecule has 2 heteroatoms. The van der Waals surface area contributed by atoms with Gasteiger partial charge in [0.1, 0.15) is 0 Å². The van der Waals surface area contributed by atoms with Crippen LogP contribution in [0.25, 0.3) is 27.5 Å². The Bertz CT molecular complexity index is 892. The highest BCUT2D eigenvalue weighted by atomic mass is 79.9. The van der Waals surface area contributed by atoms with Gasteiger partial charge in [0, 0.05) is 20.9 Å². The molecule has 0 amide bonds. The zero-order valence-electron chi connectivity index (χ0n) is 11.7. The average molecular weight is 336 g/mol. The lowest BCUT2D eigenvalue weighted by molar-refractivity contribution is 1.17. The maximum absolute atomic E-state index is 3.61. The molecule has 0 saturated heterocycles. The van der Waals surface area contributed by atoms with Crippen LogP contribution in [0.3, 0.4) is 0 Å². The molecule has 0 atom stereocenters. The highest BCUT2D eigenvalue weighted by molar-refractivity contribution is 9.10. The number of para-hydroxylation sites is 2. The first-order valence-corrected chi connectivity index (χ1v) is 7.79. The quantitative estimate of drug-likeness (QED) is 0.411. The third kappa shape index (κ3) is 1.98. The van der Waals surface area contributed by atoms with E-state index in [2.05, 4.69) is 94.2 Å². The molecule has 0 aliphatic carbocycles. The van der Waals surface area contributed by atoms with Crippen molar-refractivity contribution in [3.05, 3.63) is 76.8 Å².